The lowest BCUT2D eigenvalue weighted by Gasteiger charge is -2.47. The molecule has 0 radical (unpaired) electrons. The first-order valence-electron chi connectivity index (χ1n) is 9.45. The maximum Gasteiger partial charge on any atom is 0.288 e. The van der Waals surface area contributed by atoms with Crippen molar-refractivity contribution >= 4 is 35.0 Å². The molecule has 2 N–H and O–H groups in total. The second-order valence-corrected chi connectivity index (χ2v) is 8.43. The third kappa shape index (κ3) is 4.37. The Morgan fingerprint density at radius 2 is 1.76 bits per heavy atom. The second-order valence-electron chi connectivity index (χ2n) is 7.37. The van der Waals surface area contributed by atoms with Crippen molar-refractivity contribution in [3.8, 4) is 0 Å². The summed E-state index contributed by atoms with van der Waals surface area (Å²) in [7, 11) is 0. The molecule has 1 spiro atoms. The van der Waals surface area contributed by atoms with Gasteiger partial charge < -0.3 is 15.5 Å². The number of anilines is 2. The molecule has 0 bridgehead atoms. The van der Waals surface area contributed by atoms with Crippen molar-refractivity contribution in [3.63, 3.8) is 0 Å². The fourth-order valence-corrected chi connectivity index (χ4v) is 4.35. The summed E-state index contributed by atoms with van der Waals surface area (Å²) in [5.74, 6) is -2.43. The summed E-state index contributed by atoms with van der Waals surface area (Å²) in [4.78, 5) is 26.6. The van der Waals surface area contributed by atoms with E-state index in [1.54, 1.807) is 30.3 Å². The van der Waals surface area contributed by atoms with Gasteiger partial charge in [-0.05, 0) is 49.2 Å². The Balaban J connectivity index is 1.44. The number of carbonyl (C=O) groups is 2. The second kappa shape index (κ2) is 8.02. The van der Waals surface area contributed by atoms with Gasteiger partial charge in [-0.1, -0.05) is 23.9 Å². The number of piperidine rings is 1. The van der Waals surface area contributed by atoms with Crippen molar-refractivity contribution in [2.75, 3.05) is 18.4 Å². The van der Waals surface area contributed by atoms with Crippen LogP contribution in [0, 0.1) is 0 Å². The number of rotatable bonds is 5. The molecular formula is C21H21F2N3O2S. The number of benzene rings is 2. The molecule has 2 amide bonds. The number of para-hydroxylation sites is 1. The van der Waals surface area contributed by atoms with Crippen LogP contribution in [0.25, 0.3) is 0 Å². The predicted molar refractivity (Wildman–Crippen MR) is 109 cm³/mol. The van der Waals surface area contributed by atoms with Gasteiger partial charge in [0.25, 0.3) is 11.7 Å². The van der Waals surface area contributed by atoms with E-state index in [1.165, 1.54) is 0 Å². The van der Waals surface area contributed by atoms with Crippen LogP contribution >= 0.6 is 11.8 Å². The molecule has 2 aliphatic heterocycles. The number of nitrogens with one attached hydrogen (secondary N) is 2. The van der Waals surface area contributed by atoms with Gasteiger partial charge in [-0.3, -0.25) is 9.59 Å². The van der Waals surface area contributed by atoms with Crippen molar-refractivity contribution in [1.82, 2.24) is 10.2 Å². The van der Waals surface area contributed by atoms with E-state index in [0.29, 0.717) is 47.4 Å². The van der Waals surface area contributed by atoms with Gasteiger partial charge in [0.05, 0.1) is 16.8 Å². The van der Waals surface area contributed by atoms with Crippen LogP contribution in [0.15, 0.2) is 53.4 Å². The molecule has 2 fully saturated rings. The van der Waals surface area contributed by atoms with Gasteiger partial charge in [0, 0.05) is 30.1 Å². The van der Waals surface area contributed by atoms with Gasteiger partial charge in [0.1, 0.15) is 0 Å². The SMILES string of the molecule is O=C1CC2(CCN(C(=O)c3ccccc3Nc3ccc(SC(F)F)cc3)CC2)N1. The smallest absolute Gasteiger partial charge is 0.288 e. The monoisotopic (exact) mass is 417 g/mol. The number of likely N-dealkylation sites (tertiary alicyclic amines) is 1. The van der Waals surface area contributed by atoms with Crippen molar-refractivity contribution in [2.24, 2.45) is 0 Å². The van der Waals surface area contributed by atoms with E-state index in [1.807, 2.05) is 23.1 Å². The number of β-lactam (4-membered cyclic amide) rings is 1. The number of amides is 2. The molecule has 2 aromatic rings. The Morgan fingerprint density at radius 3 is 2.38 bits per heavy atom. The number of halogens is 2. The third-order valence-electron chi connectivity index (χ3n) is 5.43. The Bertz CT molecular complexity index is 902. The zero-order chi connectivity index (χ0) is 20.4. The van der Waals surface area contributed by atoms with Crippen LogP contribution in [-0.2, 0) is 4.79 Å². The van der Waals surface area contributed by atoms with Crippen LogP contribution in [0.4, 0.5) is 20.2 Å². The topological polar surface area (TPSA) is 61.4 Å². The minimum absolute atomic E-state index is 0.0570. The van der Waals surface area contributed by atoms with E-state index in [2.05, 4.69) is 10.6 Å². The highest BCUT2D eigenvalue weighted by Gasteiger charge is 2.45. The highest BCUT2D eigenvalue weighted by Crippen LogP contribution is 2.33. The Morgan fingerprint density at radius 1 is 1.10 bits per heavy atom. The molecule has 2 aliphatic rings. The normalized spacial score (nSPS) is 17.8. The first kappa shape index (κ1) is 19.7. The first-order chi connectivity index (χ1) is 13.9. The molecule has 4 rings (SSSR count). The number of hydrogen-bond acceptors (Lipinski definition) is 4. The molecule has 0 saturated carbocycles. The van der Waals surface area contributed by atoms with Crippen LogP contribution in [0.5, 0.6) is 0 Å². The van der Waals surface area contributed by atoms with Gasteiger partial charge in [-0.15, -0.1) is 0 Å². The predicted octanol–water partition coefficient (Wildman–Crippen LogP) is 4.24. The van der Waals surface area contributed by atoms with Crippen LogP contribution in [0.1, 0.15) is 29.6 Å². The molecule has 2 saturated heterocycles. The standard InChI is InChI=1S/C21H21F2N3O2S/c22-20(23)29-15-7-5-14(6-8-15)24-17-4-2-1-3-16(17)19(28)26-11-9-21(10-12-26)13-18(27)25-21/h1-8,20,24H,9-13H2,(H,25,27). The molecule has 2 aromatic carbocycles. The van der Waals surface area contributed by atoms with E-state index in [0.717, 1.165) is 18.5 Å². The van der Waals surface area contributed by atoms with Gasteiger partial charge in [-0.2, -0.15) is 8.78 Å². The molecule has 0 aliphatic carbocycles. The summed E-state index contributed by atoms with van der Waals surface area (Å²) in [6, 6.07) is 14.0. The van der Waals surface area contributed by atoms with Crippen molar-refractivity contribution in [2.45, 2.75) is 35.5 Å². The summed E-state index contributed by atoms with van der Waals surface area (Å²) in [5.41, 5.74) is 1.83. The molecule has 152 valence electrons. The molecule has 0 unspecified atom stereocenters. The van der Waals surface area contributed by atoms with Gasteiger partial charge in [0.15, 0.2) is 0 Å². The van der Waals surface area contributed by atoms with Crippen LogP contribution < -0.4 is 10.6 Å². The van der Waals surface area contributed by atoms with E-state index in [-0.39, 0.29) is 17.4 Å². The molecule has 0 atom stereocenters. The van der Waals surface area contributed by atoms with Crippen LogP contribution in [0.3, 0.4) is 0 Å². The Hall–Kier alpha value is -2.61. The van der Waals surface area contributed by atoms with Gasteiger partial charge in [-0.25, -0.2) is 0 Å². The number of nitrogens with zero attached hydrogens (tertiary/aromatic N) is 1. The number of hydrogen-bond donors (Lipinski definition) is 2. The average molecular weight is 417 g/mol. The highest BCUT2D eigenvalue weighted by molar-refractivity contribution is 7.99. The largest absolute Gasteiger partial charge is 0.355 e. The van der Waals surface area contributed by atoms with Crippen LogP contribution in [-0.4, -0.2) is 41.1 Å². The molecule has 5 nitrogen and oxygen atoms in total. The Labute approximate surface area is 171 Å². The average Bonchev–Trinajstić information content (AvgIpc) is 2.69. The molecule has 8 heteroatoms. The summed E-state index contributed by atoms with van der Waals surface area (Å²) in [6.07, 6.45) is 2.08. The quantitative estimate of drug-likeness (QED) is 0.564. The minimum atomic E-state index is -2.45. The van der Waals surface area contributed by atoms with E-state index in [4.69, 9.17) is 0 Å². The summed E-state index contributed by atoms with van der Waals surface area (Å²) in [6.45, 7) is 1.21. The zero-order valence-corrected chi connectivity index (χ0v) is 16.5. The summed E-state index contributed by atoms with van der Waals surface area (Å²) >= 11 is 0.499. The van der Waals surface area contributed by atoms with Crippen molar-refractivity contribution in [3.05, 3.63) is 54.1 Å². The van der Waals surface area contributed by atoms with Gasteiger partial charge >= 0.3 is 0 Å². The molecule has 29 heavy (non-hydrogen) atoms. The minimum Gasteiger partial charge on any atom is -0.355 e. The lowest BCUT2D eigenvalue weighted by Crippen LogP contribution is -2.65. The summed E-state index contributed by atoms with van der Waals surface area (Å²) < 4.78 is 24.9. The fourth-order valence-electron chi connectivity index (χ4n) is 3.85. The number of alkyl halides is 2. The molecule has 0 aromatic heterocycles. The lowest BCUT2D eigenvalue weighted by molar-refractivity contribution is -0.134. The Kier molecular flexibility index (Phi) is 5.45. The van der Waals surface area contributed by atoms with E-state index < -0.39 is 5.76 Å². The van der Waals surface area contributed by atoms with Crippen molar-refractivity contribution < 1.29 is 18.4 Å². The molecule has 2 heterocycles. The third-order valence-corrected chi connectivity index (χ3v) is 6.15. The van der Waals surface area contributed by atoms with E-state index in [9.17, 15) is 18.4 Å². The van der Waals surface area contributed by atoms with Crippen molar-refractivity contribution in [1.29, 1.82) is 0 Å². The summed E-state index contributed by atoms with van der Waals surface area (Å²) in [5, 5.41) is 6.20. The zero-order valence-electron chi connectivity index (χ0n) is 15.7. The first-order valence-corrected chi connectivity index (χ1v) is 10.3. The van der Waals surface area contributed by atoms with Gasteiger partial charge in [0.2, 0.25) is 5.91 Å². The van der Waals surface area contributed by atoms with Crippen LogP contribution in [0.2, 0.25) is 0 Å². The maximum absolute atomic E-state index is 13.1. The van der Waals surface area contributed by atoms with E-state index >= 15 is 0 Å². The number of carbonyl (C=O) groups excluding carboxylic acids is 2. The lowest BCUT2D eigenvalue weighted by atomic mass is 9.78. The highest BCUT2D eigenvalue weighted by atomic mass is 32.2. The molecular weight excluding hydrogens is 396 g/mol. The number of thioether (sulfide) groups is 1. The maximum atomic E-state index is 13.1. The fraction of sp³-hybridized carbons (Fsp3) is 0.333.